The highest BCUT2D eigenvalue weighted by molar-refractivity contribution is 6.30. The summed E-state index contributed by atoms with van der Waals surface area (Å²) >= 11 is 6.10. The zero-order chi connectivity index (χ0) is 16.1. The molecule has 0 radical (unpaired) electrons. The van der Waals surface area contributed by atoms with Crippen molar-refractivity contribution >= 4 is 23.4 Å². The van der Waals surface area contributed by atoms with Gasteiger partial charge >= 0.3 is 0 Å². The standard InChI is InChI=1S/C17H23ClN2O2/c1-3-10-19-17(22)14-8-9-15(21)20(4-2)16(14)12-6-5-7-13(18)11-12/h5-7,11,14,16H,3-4,8-10H2,1-2H3,(H,19,22)/t14-,16+/m1/s1. The predicted molar refractivity (Wildman–Crippen MR) is 87.6 cm³/mol. The Bertz CT molecular complexity index is 547. The summed E-state index contributed by atoms with van der Waals surface area (Å²) in [5.74, 6) is -0.0903. The van der Waals surface area contributed by atoms with Crippen molar-refractivity contribution in [3.8, 4) is 0 Å². The summed E-state index contributed by atoms with van der Waals surface area (Å²) in [7, 11) is 0. The van der Waals surface area contributed by atoms with E-state index < -0.39 is 0 Å². The van der Waals surface area contributed by atoms with Gasteiger partial charge in [-0.05, 0) is 37.5 Å². The lowest BCUT2D eigenvalue weighted by Gasteiger charge is -2.40. The van der Waals surface area contributed by atoms with Gasteiger partial charge in [-0.2, -0.15) is 0 Å². The average Bonchev–Trinajstić information content (AvgIpc) is 2.52. The molecule has 1 aliphatic heterocycles. The van der Waals surface area contributed by atoms with Crippen LogP contribution in [0.15, 0.2) is 24.3 Å². The number of likely N-dealkylation sites (tertiary alicyclic amines) is 1. The Balaban J connectivity index is 2.34. The molecule has 0 spiro atoms. The van der Waals surface area contributed by atoms with E-state index >= 15 is 0 Å². The second-order valence-corrected chi connectivity index (χ2v) is 6.05. The number of carbonyl (C=O) groups is 2. The Morgan fingerprint density at radius 1 is 1.41 bits per heavy atom. The van der Waals surface area contributed by atoms with Crippen LogP contribution in [-0.4, -0.2) is 29.8 Å². The molecule has 4 nitrogen and oxygen atoms in total. The summed E-state index contributed by atoms with van der Waals surface area (Å²) in [4.78, 5) is 26.5. The molecule has 2 atom stereocenters. The van der Waals surface area contributed by atoms with Gasteiger partial charge in [0, 0.05) is 24.5 Å². The van der Waals surface area contributed by atoms with E-state index in [1.165, 1.54) is 0 Å². The molecule has 1 aliphatic rings. The molecule has 0 aliphatic carbocycles. The smallest absolute Gasteiger partial charge is 0.225 e. The monoisotopic (exact) mass is 322 g/mol. The number of rotatable bonds is 5. The minimum absolute atomic E-state index is 0.0257. The highest BCUT2D eigenvalue weighted by atomic mass is 35.5. The number of amides is 2. The first kappa shape index (κ1) is 16.8. The number of hydrogen-bond acceptors (Lipinski definition) is 2. The lowest BCUT2D eigenvalue weighted by atomic mass is 9.83. The Morgan fingerprint density at radius 3 is 2.82 bits per heavy atom. The fourth-order valence-corrected chi connectivity index (χ4v) is 3.28. The molecule has 0 saturated carbocycles. The molecule has 1 aromatic rings. The number of halogens is 1. The molecular formula is C17H23ClN2O2. The fraction of sp³-hybridized carbons (Fsp3) is 0.529. The van der Waals surface area contributed by atoms with Gasteiger partial charge in [-0.1, -0.05) is 30.7 Å². The Kier molecular flexibility index (Phi) is 5.83. The molecule has 1 aromatic carbocycles. The molecule has 1 fully saturated rings. The lowest BCUT2D eigenvalue weighted by Crippen LogP contribution is -2.48. The van der Waals surface area contributed by atoms with E-state index in [0.717, 1.165) is 12.0 Å². The number of benzene rings is 1. The SMILES string of the molecule is CCCNC(=O)[C@@H]1CCC(=O)N(CC)[C@H]1c1cccc(Cl)c1. The zero-order valence-electron chi connectivity index (χ0n) is 13.1. The van der Waals surface area contributed by atoms with Gasteiger partial charge in [0.1, 0.15) is 0 Å². The minimum Gasteiger partial charge on any atom is -0.356 e. The molecule has 2 amide bonds. The molecule has 1 N–H and O–H groups in total. The van der Waals surface area contributed by atoms with Crippen LogP contribution in [0.2, 0.25) is 5.02 Å². The third kappa shape index (κ3) is 3.61. The number of hydrogen-bond donors (Lipinski definition) is 1. The van der Waals surface area contributed by atoms with E-state index in [0.29, 0.717) is 31.0 Å². The summed E-state index contributed by atoms with van der Waals surface area (Å²) in [5, 5.41) is 3.59. The first-order valence-corrected chi connectivity index (χ1v) is 8.28. The van der Waals surface area contributed by atoms with E-state index in [1.807, 2.05) is 32.0 Å². The van der Waals surface area contributed by atoms with Crippen molar-refractivity contribution in [2.45, 2.75) is 39.2 Å². The quantitative estimate of drug-likeness (QED) is 0.905. The van der Waals surface area contributed by atoms with Crippen LogP contribution in [0, 0.1) is 5.92 Å². The molecule has 22 heavy (non-hydrogen) atoms. The van der Waals surface area contributed by atoms with E-state index in [4.69, 9.17) is 11.6 Å². The predicted octanol–water partition coefficient (Wildman–Crippen LogP) is 3.17. The Hall–Kier alpha value is -1.55. The number of nitrogens with one attached hydrogen (secondary N) is 1. The van der Waals surface area contributed by atoms with Crippen LogP contribution in [0.3, 0.4) is 0 Å². The van der Waals surface area contributed by atoms with Crippen molar-refractivity contribution in [1.82, 2.24) is 10.2 Å². The van der Waals surface area contributed by atoms with Gasteiger partial charge in [-0.25, -0.2) is 0 Å². The topological polar surface area (TPSA) is 49.4 Å². The van der Waals surface area contributed by atoms with Gasteiger partial charge in [0.15, 0.2) is 0 Å². The second-order valence-electron chi connectivity index (χ2n) is 5.62. The third-order valence-corrected chi connectivity index (χ3v) is 4.36. The minimum atomic E-state index is -0.234. The van der Waals surface area contributed by atoms with Crippen molar-refractivity contribution in [1.29, 1.82) is 0 Å². The van der Waals surface area contributed by atoms with Crippen molar-refractivity contribution < 1.29 is 9.59 Å². The highest BCUT2D eigenvalue weighted by Crippen LogP contribution is 2.37. The summed E-state index contributed by atoms with van der Waals surface area (Å²) in [6, 6.07) is 7.23. The average molecular weight is 323 g/mol. The number of carbonyl (C=O) groups excluding carboxylic acids is 2. The Morgan fingerprint density at radius 2 is 2.18 bits per heavy atom. The molecule has 2 rings (SSSR count). The van der Waals surface area contributed by atoms with Gasteiger partial charge in [-0.3, -0.25) is 9.59 Å². The van der Waals surface area contributed by atoms with Gasteiger partial charge in [0.25, 0.3) is 0 Å². The van der Waals surface area contributed by atoms with Crippen LogP contribution in [0.25, 0.3) is 0 Å². The first-order valence-electron chi connectivity index (χ1n) is 7.91. The molecular weight excluding hydrogens is 300 g/mol. The maximum absolute atomic E-state index is 12.5. The van der Waals surface area contributed by atoms with Crippen LogP contribution < -0.4 is 5.32 Å². The van der Waals surface area contributed by atoms with Crippen molar-refractivity contribution in [2.24, 2.45) is 5.92 Å². The highest BCUT2D eigenvalue weighted by Gasteiger charge is 2.39. The molecule has 1 heterocycles. The van der Waals surface area contributed by atoms with E-state index in [-0.39, 0.29) is 23.8 Å². The summed E-state index contributed by atoms with van der Waals surface area (Å²) < 4.78 is 0. The van der Waals surface area contributed by atoms with Crippen LogP contribution in [0.4, 0.5) is 0 Å². The molecule has 0 unspecified atom stereocenters. The maximum atomic E-state index is 12.5. The lowest BCUT2D eigenvalue weighted by molar-refractivity contribution is -0.143. The van der Waals surface area contributed by atoms with Crippen LogP contribution in [0.5, 0.6) is 0 Å². The second kappa shape index (κ2) is 7.63. The van der Waals surface area contributed by atoms with E-state index in [9.17, 15) is 9.59 Å². The van der Waals surface area contributed by atoms with Gasteiger partial charge < -0.3 is 10.2 Å². The van der Waals surface area contributed by atoms with E-state index in [2.05, 4.69) is 5.32 Å². The zero-order valence-corrected chi connectivity index (χ0v) is 13.9. The maximum Gasteiger partial charge on any atom is 0.225 e. The summed E-state index contributed by atoms with van der Waals surface area (Å²) in [6.07, 6.45) is 1.91. The van der Waals surface area contributed by atoms with Crippen LogP contribution >= 0.6 is 11.6 Å². The van der Waals surface area contributed by atoms with Crippen LogP contribution in [-0.2, 0) is 9.59 Å². The molecule has 0 bridgehead atoms. The van der Waals surface area contributed by atoms with Crippen molar-refractivity contribution in [3.63, 3.8) is 0 Å². The van der Waals surface area contributed by atoms with Crippen molar-refractivity contribution in [3.05, 3.63) is 34.9 Å². The Labute approximate surface area is 136 Å². The molecule has 5 heteroatoms. The molecule has 1 saturated heterocycles. The van der Waals surface area contributed by atoms with Gasteiger partial charge in [-0.15, -0.1) is 0 Å². The summed E-state index contributed by atoms with van der Waals surface area (Å²) in [6.45, 7) is 5.23. The number of piperidine rings is 1. The van der Waals surface area contributed by atoms with Crippen LogP contribution in [0.1, 0.15) is 44.7 Å². The third-order valence-electron chi connectivity index (χ3n) is 4.12. The summed E-state index contributed by atoms with van der Waals surface area (Å²) in [5.41, 5.74) is 0.930. The van der Waals surface area contributed by atoms with Crippen molar-refractivity contribution in [2.75, 3.05) is 13.1 Å². The van der Waals surface area contributed by atoms with E-state index in [1.54, 1.807) is 11.0 Å². The fourth-order valence-electron chi connectivity index (χ4n) is 3.08. The number of nitrogens with zero attached hydrogens (tertiary/aromatic N) is 1. The van der Waals surface area contributed by atoms with Gasteiger partial charge in [0.05, 0.1) is 12.0 Å². The largest absolute Gasteiger partial charge is 0.356 e. The van der Waals surface area contributed by atoms with Gasteiger partial charge in [0.2, 0.25) is 11.8 Å². The normalized spacial score (nSPS) is 21.8. The molecule has 120 valence electrons. The molecule has 0 aromatic heterocycles. The first-order chi connectivity index (χ1) is 10.6.